The molecule has 2 heteroatoms. The monoisotopic (exact) mass is 264 g/mol. The molecule has 0 aromatic heterocycles. The van der Waals surface area contributed by atoms with E-state index in [0.29, 0.717) is 0 Å². The Morgan fingerprint density at radius 3 is 2.11 bits per heavy atom. The van der Waals surface area contributed by atoms with Crippen molar-refractivity contribution in [2.75, 3.05) is 32.7 Å². The maximum absolute atomic E-state index is 2.82. The van der Waals surface area contributed by atoms with Crippen LogP contribution in [-0.4, -0.2) is 48.6 Å². The Kier molecular flexibility index (Phi) is 4.19. The van der Waals surface area contributed by atoms with Gasteiger partial charge in [-0.2, -0.15) is 0 Å². The average Bonchev–Trinajstić information content (AvgIpc) is 2.86. The summed E-state index contributed by atoms with van der Waals surface area (Å²) >= 11 is 0. The molecular weight excluding hydrogens is 232 g/mol. The molecule has 0 N–H and O–H groups in total. The number of hydrogen-bond acceptors (Lipinski definition) is 2. The van der Waals surface area contributed by atoms with Gasteiger partial charge < -0.3 is 9.80 Å². The summed E-state index contributed by atoms with van der Waals surface area (Å²) in [6.07, 6.45) is 5.86. The Labute approximate surface area is 119 Å². The van der Waals surface area contributed by atoms with Crippen LogP contribution in [0.25, 0.3) is 0 Å². The third-order valence-electron chi connectivity index (χ3n) is 5.76. The largest absolute Gasteiger partial charge is 0.303 e. The molecule has 2 heterocycles. The zero-order valence-corrected chi connectivity index (χ0v) is 13.1. The zero-order valence-electron chi connectivity index (χ0n) is 13.1. The molecule has 1 saturated carbocycles. The van der Waals surface area contributed by atoms with E-state index < -0.39 is 0 Å². The summed E-state index contributed by atoms with van der Waals surface area (Å²) in [6, 6.07) is 0.934. The summed E-state index contributed by atoms with van der Waals surface area (Å²) in [4.78, 5) is 5.56. The van der Waals surface area contributed by atoms with E-state index in [9.17, 15) is 0 Å². The molecule has 1 aliphatic carbocycles. The van der Waals surface area contributed by atoms with Crippen LogP contribution in [0.5, 0.6) is 0 Å². The molecule has 0 radical (unpaired) electrons. The second kappa shape index (κ2) is 5.73. The van der Waals surface area contributed by atoms with Crippen molar-refractivity contribution in [1.82, 2.24) is 9.80 Å². The van der Waals surface area contributed by atoms with E-state index in [4.69, 9.17) is 0 Å². The van der Waals surface area contributed by atoms with Crippen molar-refractivity contribution in [3.63, 3.8) is 0 Å². The van der Waals surface area contributed by atoms with Gasteiger partial charge in [0.1, 0.15) is 0 Å². The lowest BCUT2D eigenvalue weighted by molar-refractivity contribution is 0.129. The summed E-state index contributed by atoms with van der Waals surface area (Å²) in [6.45, 7) is 14.0. The van der Waals surface area contributed by atoms with E-state index in [1.54, 1.807) is 0 Å². The Bertz CT molecular complexity index is 280. The molecule has 2 atom stereocenters. The molecule has 3 rings (SSSR count). The van der Waals surface area contributed by atoms with Crippen LogP contribution in [0.15, 0.2) is 0 Å². The highest BCUT2D eigenvalue weighted by Gasteiger charge is 2.42. The Balaban J connectivity index is 1.48. The molecule has 0 aromatic carbocycles. The third-order valence-corrected chi connectivity index (χ3v) is 5.76. The third kappa shape index (κ3) is 3.16. The Hall–Kier alpha value is -0.0800. The quantitative estimate of drug-likeness (QED) is 0.773. The van der Waals surface area contributed by atoms with E-state index >= 15 is 0 Å². The zero-order chi connectivity index (χ0) is 13.4. The molecule has 3 fully saturated rings. The lowest BCUT2D eigenvalue weighted by atomic mass is 9.97. The van der Waals surface area contributed by atoms with Crippen molar-refractivity contribution in [2.45, 2.75) is 52.5 Å². The second-order valence-corrected chi connectivity index (χ2v) is 7.98. The highest BCUT2D eigenvalue weighted by molar-refractivity contribution is 4.96. The lowest BCUT2D eigenvalue weighted by Gasteiger charge is -2.35. The van der Waals surface area contributed by atoms with E-state index in [1.165, 1.54) is 58.4 Å². The van der Waals surface area contributed by atoms with Crippen LogP contribution in [0.2, 0.25) is 0 Å². The average molecular weight is 264 g/mol. The lowest BCUT2D eigenvalue weighted by Crippen LogP contribution is -2.40. The molecule has 0 amide bonds. The van der Waals surface area contributed by atoms with Gasteiger partial charge >= 0.3 is 0 Å². The molecule has 3 aliphatic rings. The summed E-state index contributed by atoms with van der Waals surface area (Å²) in [5.74, 6) is 3.84. The van der Waals surface area contributed by atoms with Gasteiger partial charge in [-0.05, 0) is 62.4 Å². The predicted octanol–water partition coefficient (Wildman–Crippen LogP) is 3.08. The summed E-state index contributed by atoms with van der Waals surface area (Å²) < 4.78 is 0. The number of rotatable bonds is 3. The fourth-order valence-corrected chi connectivity index (χ4v) is 4.72. The molecular formula is C17H32N2. The Morgan fingerprint density at radius 2 is 1.58 bits per heavy atom. The molecule has 0 spiro atoms. The number of hydrogen-bond donors (Lipinski definition) is 0. The summed E-state index contributed by atoms with van der Waals surface area (Å²) in [5.41, 5.74) is 0. The van der Waals surface area contributed by atoms with Crippen LogP contribution in [-0.2, 0) is 0 Å². The van der Waals surface area contributed by atoms with Crippen LogP contribution in [0.1, 0.15) is 46.5 Å². The van der Waals surface area contributed by atoms with Crippen molar-refractivity contribution >= 4 is 0 Å². The van der Waals surface area contributed by atoms with Gasteiger partial charge in [-0.1, -0.05) is 20.8 Å². The predicted molar refractivity (Wildman–Crippen MR) is 81.3 cm³/mol. The highest BCUT2D eigenvalue weighted by Crippen LogP contribution is 2.41. The first-order valence-electron chi connectivity index (χ1n) is 8.58. The molecule has 0 aromatic rings. The Morgan fingerprint density at radius 1 is 1.00 bits per heavy atom. The van der Waals surface area contributed by atoms with Crippen LogP contribution in [0.4, 0.5) is 0 Å². The van der Waals surface area contributed by atoms with Gasteiger partial charge in [0.05, 0.1) is 0 Å². The number of likely N-dealkylation sites (tertiary alicyclic amines) is 2. The number of piperidine rings is 1. The van der Waals surface area contributed by atoms with Crippen molar-refractivity contribution < 1.29 is 0 Å². The maximum Gasteiger partial charge on any atom is 0.0102 e. The maximum atomic E-state index is 2.82. The minimum atomic E-state index is 0.832. The number of nitrogens with zero attached hydrogens (tertiary/aromatic N) is 2. The summed E-state index contributed by atoms with van der Waals surface area (Å²) in [7, 11) is 0. The highest BCUT2D eigenvalue weighted by atomic mass is 15.2. The van der Waals surface area contributed by atoms with Crippen molar-refractivity contribution in [3.8, 4) is 0 Å². The first-order chi connectivity index (χ1) is 9.11. The van der Waals surface area contributed by atoms with E-state index in [1.807, 2.05) is 0 Å². The van der Waals surface area contributed by atoms with Crippen molar-refractivity contribution in [1.29, 1.82) is 0 Å². The second-order valence-electron chi connectivity index (χ2n) is 7.98. The number of fused-ring (bicyclic) bond motifs is 1. The van der Waals surface area contributed by atoms with Gasteiger partial charge in [0, 0.05) is 25.7 Å². The van der Waals surface area contributed by atoms with Crippen molar-refractivity contribution in [3.05, 3.63) is 0 Å². The van der Waals surface area contributed by atoms with Crippen LogP contribution >= 0.6 is 0 Å². The van der Waals surface area contributed by atoms with Gasteiger partial charge in [0.2, 0.25) is 0 Å². The first kappa shape index (κ1) is 13.9. The molecule has 19 heavy (non-hydrogen) atoms. The fraction of sp³-hybridized carbons (Fsp3) is 1.00. The standard InChI is InChI=1S/C17H32N2/c1-13(2)10-18-11-15-8-17(9-16(15)12-18)19-6-4-14(3)5-7-19/h13-17H,4-12H2,1-3H3. The minimum absolute atomic E-state index is 0.832. The van der Waals surface area contributed by atoms with Gasteiger partial charge in [0.15, 0.2) is 0 Å². The summed E-state index contributed by atoms with van der Waals surface area (Å²) in [5, 5.41) is 0. The van der Waals surface area contributed by atoms with Crippen molar-refractivity contribution in [2.24, 2.45) is 23.7 Å². The molecule has 0 bridgehead atoms. The molecule has 2 aliphatic heterocycles. The van der Waals surface area contributed by atoms with Crippen LogP contribution in [0, 0.1) is 23.7 Å². The molecule has 110 valence electrons. The molecule has 2 unspecified atom stereocenters. The van der Waals surface area contributed by atoms with Gasteiger partial charge in [-0.3, -0.25) is 0 Å². The topological polar surface area (TPSA) is 6.48 Å². The van der Waals surface area contributed by atoms with E-state index in [2.05, 4.69) is 30.6 Å². The normalized spacial score (nSPS) is 38.2. The smallest absolute Gasteiger partial charge is 0.0102 e. The molecule has 2 saturated heterocycles. The molecule has 2 nitrogen and oxygen atoms in total. The SMILES string of the molecule is CC(C)CN1CC2CC(N3CCC(C)CC3)CC2C1. The van der Waals surface area contributed by atoms with E-state index in [-0.39, 0.29) is 0 Å². The van der Waals surface area contributed by atoms with Crippen LogP contribution < -0.4 is 0 Å². The van der Waals surface area contributed by atoms with E-state index in [0.717, 1.165) is 29.7 Å². The minimum Gasteiger partial charge on any atom is -0.303 e. The van der Waals surface area contributed by atoms with Crippen LogP contribution in [0.3, 0.4) is 0 Å². The van der Waals surface area contributed by atoms with Gasteiger partial charge in [-0.25, -0.2) is 0 Å². The van der Waals surface area contributed by atoms with Gasteiger partial charge in [0.25, 0.3) is 0 Å². The first-order valence-corrected chi connectivity index (χ1v) is 8.58. The fourth-order valence-electron chi connectivity index (χ4n) is 4.72. The van der Waals surface area contributed by atoms with Gasteiger partial charge in [-0.15, -0.1) is 0 Å².